The fourth-order valence-electron chi connectivity index (χ4n) is 2.41. The highest BCUT2D eigenvalue weighted by Crippen LogP contribution is 2.20. The van der Waals surface area contributed by atoms with Crippen molar-refractivity contribution in [1.82, 2.24) is 10.3 Å². The molecule has 0 aliphatic rings. The molecule has 0 atom stereocenters. The third-order valence-electron chi connectivity index (χ3n) is 3.80. The lowest BCUT2D eigenvalue weighted by atomic mass is 10.3. The highest BCUT2D eigenvalue weighted by atomic mass is 35.5. The van der Waals surface area contributed by atoms with Gasteiger partial charge in [0.2, 0.25) is 0 Å². The molecule has 2 amide bonds. The Labute approximate surface area is 183 Å². The van der Waals surface area contributed by atoms with Crippen molar-refractivity contribution in [2.75, 3.05) is 18.5 Å². The van der Waals surface area contributed by atoms with Crippen LogP contribution in [0.5, 0.6) is 11.5 Å². The minimum Gasteiger partial charge on any atom is -0.486 e. The van der Waals surface area contributed by atoms with Crippen LogP contribution in [-0.2, 0) is 11.4 Å². The van der Waals surface area contributed by atoms with Crippen LogP contribution in [0, 0.1) is 0 Å². The van der Waals surface area contributed by atoms with Crippen molar-refractivity contribution < 1.29 is 19.1 Å². The van der Waals surface area contributed by atoms with Crippen molar-refractivity contribution in [2.45, 2.75) is 13.5 Å². The van der Waals surface area contributed by atoms with E-state index in [0.29, 0.717) is 39.5 Å². The first-order valence-electron chi connectivity index (χ1n) is 9.17. The Hall–Kier alpha value is -3.10. The third kappa shape index (κ3) is 6.47. The summed E-state index contributed by atoms with van der Waals surface area (Å²) in [5.74, 6) is 0.604. The predicted molar refractivity (Wildman–Crippen MR) is 116 cm³/mol. The largest absolute Gasteiger partial charge is 0.486 e. The van der Waals surface area contributed by atoms with Crippen LogP contribution in [-0.4, -0.2) is 29.9 Å². The number of halogens is 1. The maximum atomic E-state index is 12.5. The van der Waals surface area contributed by atoms with Gasteiger partial charge < -0.3 is 20.1 Å². The first-order chi connectivity index (χ1) is 14.5. The first kappa shape index (κ1) is 21.6. The summed E-state index contributed by atoms with van der Waals surface area (Å²) in [4.78, 5) is 28.3. The molecular formula is C21H20ClN3O4S. The van der Waals surface area contributed by atoms with E-state index in [2.05, 4.69) is 15.6 Å². The minimum atomic E-state index is -0.343. The Morgan fingerprint density at radius 1 is 1.10 bits per heavy atom. The van der Waals surface area contributed by atoms with Crippen LogP contribution in [0.2, 0.25) is 5.02 Å². The molecule has 9 heteroatoms. The van der Waals surface area contributed by atoms with Crippen LogP contribution >= 0.6 is 22.9 Å². The van der Waals surface area contributed by atoms with E-state index in [4.69, 9.17) is 21.1 Å². The molecule has 1 aromatic heterocycles. The summed E-state index contributed by atoms with van der Waals surface area (Å²) in [6.07, 6.45) is 0. The lowest BCUT2D eigenvalue weighted by Gasteiger charge is -2.08. The first-order valence-corrected chi connectivity index (χ1v) is 10.4. The van der Waals surface area contributed by atoms with Crippen LogP contribution in [0.4, 0.5) is 5.69 Å². The zero-order valence-corrected chi connectivity index (χ0v) is 17.8. The number of hydrogen-bond donors (Lipinski definition) is 2. The average Bonchev–Trinajstić information content (AvgIpc) is 3.22. The van der Waals surface area contributed by atoms with Crippen LogP contribution in [0.15, 0.2) is 53.9 Å². The molecule has 0 aliphatic carbocycles. The molecular weight excluding hydrogens is 426 g/mol. The molecule has 0 bridgehead atoms. The van der Waals surface area contributed by atoms with Crippen LogP contribution in [0.3, 0.4) is 0 Å². The number of hydrogen-bond acceptors (Lipinski definition) is 6. The van der Waals surface area contributed by atoms with Gasteiger partial charge in [0.05, 0.1) is 0 Å². The molecule has 0 radical (unpaired) electrons. The quantitative estimate of drug-likeness (QED) is 0.516. The van der Waals surface area contributed by atoms with Crippen molar-refractivity contribution in [3.05, 3.63) is 69.6 Å². The standard InChI is InChI=1S/C21H20ClN3O4S/c1-2-23-19(26)11-28-17-5-3-4-15(10-17)24-21(27)18-13-30-20(25-18)12-29-16-8-6-14(22)7-9-16/h3-10,13H,2,11-12H2,1H3,(H,23,26)(H,24,27). The monoisotopic (exact) mass is 445 g/mol. The van der Waals surface area contributed by atoms with Gasteiger partial charge in [-0.1, -0.05) is 17.7 Å². The molecule has 156 valence electrons. The lowest BCUT2D eigenvalue weighted by Crippen LogP contribution is -2.28. The number of carbonyl (C=O) groups is 2. The fraction of sp³-hybridized carbons (Fsp3) is 0.190. The number of aromatic nitrogens is 1. The van der Waals surface area contributed by atoms with Crippen molar-refractivity contribution in [3.8, 4) is 11.5 Å². The van der Waals surface area contributed by atoms with E-state index in [9.17, 15) is 9.59 Å². The lowest BCUT2D eigenvalue weighted by molar-refractivity contribution is -0.122. The number of nitrogens with one attached hydrogen (secondary N) is 2. The van der Waals surface area contributed by atoms with Gasteiger partial charge in [-0.15, -0.1) is 11.3 Å². The van der Waals surface area contributed by atoms with E-state index >= 15 is 0 Å². The zero-order chi connectivity index (χ0) is 21.3. The van der Waals surface area contributed by atoms with Crippen molar-refractivity contribution >= 4 is 40.4 Å². The Morgan fingerprint density at radius 2 is 1.90 bits per heavy atom. The highest BCUT2D eigenvalue weighted by molar-refractivity contribution is 7.09. The van der Waals surface area contributed by atoms with E-state index in [1.54, 1.807) is 53.9 Å². The molecule has 0 aliphatic heterocycles. The van der Waals surface area contributed by atoms with E-state index in [1.807, 2.05) is 6.92 Å². The molecule has 30 heavy (non-hydrogen) atoms. The molecule has 7 nitrogen and oxygen atoms in total. The van der Waals surface area contributed by atoms with Crippen molar-refractivity contribution in [2.24, 2.45) is 0 Å². The van der Waals surface area contributed by atoms with Gasteiger partial charge in [-0.3, -0.25) is 9.59 Å². The minimum absolute atomic E-state index is 0.0890. The van der Waals surface area contributed by atoms with Gasteiger partial charge in [-0.2, -0.15) is 0 Å². The van der Waals surface area contributed by atoms with E-state index in [1.165, 1.54) is 11.3 Å². The number of thiazole rings is 1. The van der Waals surface area contributed by atoms with E-state index in [-0.39, 0.29) is 25.0 Å². The predicted octanol–water partition coefficient (Wildman–Crippen LogP) is 4.14. The summed E-state index contributed by atoms with van der Waals surface area (Å²) >= 11 is 7.19. The number of anilines is 1. The van der Waals surface area contributed by atoms with Gasteiger partial charge in [0, 0.05) is 28.7 Å². The van der Waals surface area contributed by atoms with Gasteiger partial charge >= 0.3 is 0 Å². The molecule has 1 heterocycles. The molecule has 3 aromatic rings. The normalized spacial score (nSPS) is 10.3. The maximum Gasteiger partial charge on any atom is 0.275 e. The number of ether oxygens (including phenoxy) is 2. The molecule has 0 saturated carbocycles. The topological polar surface area (TPSA) is 89.6 Å². The summed E-state index contributed by atoms with van der Waals surface area (Å²) in [7, 11) is 0. The second kappa shape index (κ2) is 10.6. The van der Waals surface area contributed by atoms with Gasteiger partial charge in [0.25, 0.3) is 11.8 Å². The number of amides is 2. The Morgan fingerprint density at radius 3 is 2.67 bits per heavy atom. The molecule has 0 spiro atoms. The van der Waals surface area contributed by atoms with E-state index < -0.39 is 0 Å². The summed E-state index contributed by atoms with van der Waals surface area (Å²) < 4.78 is 11.1. The molecule has 2 N–H and O–H groups in total. The number of likely N-dealkylation sites (N-methyl/N-ethyl adjacent to an activating group) is 1. The molecule has 0 saturated heterocycles. The van der Waals surface area contributed by atoms with Gasteiger partial charge in [-0.25, -0.2) is 4.98 Å². The average molecular weight is 446 g/mol. The molecule has 0 fully saturated rings. The maximum absolute atomic E-state index is 12.5. The third-order valence-corrected chi connectivity index (χ3v) is 4.87. The van der Waals surface area contributed by atoms with Crippen LogP contribution < -0.4 is 20.1 Å². The summed E-state index contributed by atoms with van der Waals surface area (Å²) in [5, 5.41) is 8.41. The Balaban J connectivity index is 1.54. The molecule has 0 unspecified atom stereocenters. The molecule has 3 rings (SSSR count). The zero-order valence-electron chi connectivity index (χ0n) is 16.2. The Bertz CT molecular complexity index is 1010. The summed E-state index contributed by atoms with van der Waals surface area (Å²) in [5.41, 5.74) is 0.837. The van der Waals surface area contributed by atoms with Gasteiger partial charge in [-0.05, 0) is 43.3 Å². The second-order valence-electron chi connectivity index (χ2n) is 6.09. The number of rotatable bonds is 9. The van der Waals surface area contributed by atoms with Crippen LogP contribution in [0.1, 0.15) is 22.4 Å². The number of carbonyl (C=O) groups excluding carboxylic acids is 2. The van der Waals surface area contributed by atoms with Crippen molar-refractivity contribution in [1.29, 1.82) is 0 Å². The summed E-state index contributed by atoms with van der Waals surface area (Å²) in [6.45, 7) is 2.54. The van der Waals surface area contributed by atoms with E-state index in [0.717, 1.165) is 0 Å². The smallest absolute Gasteiger partial charge is 0.275 e. The fourth-order valence-corrected chi connectivity index (χ4v) is 3.22. The second-order valence-corrected chi connectivity index (χ2v) is 7.47. The number of benzene rings is 2. The molecule has 2 aromatic carbocycles. The highest BCUT2D eigenvalue weighted by Gasteiger charge is 2.12. The summed E-state index contributed by atoms with van der Waals surface area (Å²) in [6, 6.07) is 13.8. The van der Waals surface area contributed by atoms with Crippen molar-refractivity contribution in [3.63, 3.8) is 0 Å². The SMILES string of the molecule is CCNC(=O)COc1cccc(NC(=O)c2csc(COc3ccc(Cl)cc3)n2)c1. The van der Waals surface area contributed by atoms with Gasteiger partial charge in [0.1, 0.15) is 28.8 Å². The van der Waals surface area contributed by atoms with Crippen LogP contribution in [0.25, 0.3) is 0 Å². The number of nitrogens with zero attached hydrogens (tertiary/aromatic N) is 1. The Kier molecular flexibility index (Phi) is 7.64. The van der Waals surface area contributed by atoms with Gasteiger partial charge in [0.15, 0.2) is 6.61 Å².